The number of carboxylic acids is 1. The summed E-state index contributed by atoms with van der Waals surface area (Å²) in [6.07, 6.45) is 0.697. The molecule has 80 valence electrons. The van der Waals surface area contributed by atoms with Crippen molar-refractivity contribution in [2.45, 2.75) is 18.8 Å². The molecule has 1 aliphatic rings. The number of benzene rings is 1. The number of carboxylic acid groups (broad SMARTS) is 1. The molecule has 0 saturated heterocycles. The minimum absolute atomic E-state index is 0.252. The summed E-state index contributed by atoms with van der Waals surface area (Å²) in [5.41, 5.74) is 0.748. The van der Waals surface area contributed by atoms with E-state index in [0.717, 1.165) is 11.3 Å². The van der Waals surface area contributed by atoms with Gasteiger partial charge in [-0.2, -0.15) is 0 Å². The van der Waals surface area contributed by atoms with E-state index in [1.54, 1.807) is 7.11 Å². The van der Waals surface area contributed by atoms with Crippen molar-refractivity contribution in [2.75, 3.05) is 7.11 Å². The summed E-state index contributed by atoms with van der Waals surface area (Å²) >= 11 is 0. The van der Waals surface area contributed by atoms with E-state index in [1.807, 2.05) is 31.2 Å². The van der Waals surface area contributed by atoms with Gasteiger partial charge in [0.15, 0.2) is 0 Å². The maximum atomic E-state index is 10.9. The molecule has 1 aromatic carbocycles. The van der Waals surface area contributed by atoms with Crippen LogP contribution in [-0.2, 0) is 10.2 Å². The van der Waals surface area contributed by atoms with Crippen LogP contribution in [0.2, 0.25) is 0 Å². The van der Waals surface area contributed by atoms with Crippen LogP contribution in [0.4, 0.5) is 0 Å². The molecule has 1 N–H and O–H groups in total. The summed E-state index contributed by atoms with van der Waals surface area (Å²) in [6.45, 7) is 1.98. The molecule has 0 spiro atoms. The summed E-state index contributed by atoms with van der Waals surface area (Å²) in [4.78, 5) is 10.9. The van der Waals surface area contributed by atoms with Gasteiger partial charge in [0.05, 0.1) is 13.0 Å². The van der Waals surface area contributed by atoms with E-state index in [2.05, 4.69) is 0 Å². The Hall–Kier alpha value is -1.51. The number of ether oxygens (including phenoxy) is 1. The van der Waals surface area contributed by atoms with Crippen LogP contribution in [0.25, 0.3) is 0 Å². The number of aliphatic carboxylic acids is 1. The first-order chi connectivity index (χ1) is 7.09. The van der Waals surface area contributed by atoms with Gasteiger partial charge in [0, 0.05) is 11.0 Å². The molecule has 0 heterocycles. The van der Waals surface area contributed by atoms with Crippen LogP contribution >= 0.6 is 0 Å². The maximum Gasteiger partial charge on any atom is 0.307 e. The topological polar surface area (TPSA) is 46.5 Å². The van der Waals surface area contributed by atoms with E-state index in [0.29, 0.717) is 6.42 Å². The number of methoxy groups -OCH3 is 1. The van der Waals surface area contributed by atoms with Crippen LogP contribution in [0.3, 0.4) is 0 Å². The van der Waals surface area contributed by atoms with Gasteiger partial charge in [-0.3, -0.25) is 4.79 Å². The molecule has 1 aromatic rings. The van der Waals surface area contributed by atoms with Gasteiger partial charge < -0.3 is 9.84 Å². The lowest BCUT2D eigenvalue weighted by molar-refractivity contribution is -0.138. The van der Waals surface area contributed by atoms with E-state index >= 15 is 0 Å². The lowest BCUT2D eigenvalue weighted by Gasteiger charge is -2.14. The Balaban J connectivity index is 2.35. The van der Waals surface area contributed by atoms with Crippen molar-refractivity contribution in [3.63, 3.8) is 0 Å². The minimum Gasteiger partial charge on any atom is -0.496 e. The third-order valence-corrected chi connectivity index (χ3v) is 3.26. The third-order valence-electron chi connectivity index (χ3n) is 3.26. The second-order valence-corrected chi connectivity index (χ2v) is 4.21. The fourth-order valence-electron chi connectivity index (χ4n) is 2.14. The van der Waals surface area contributed by atoms with Gasteiger partial charge in [-0.15, -0.1) is 0 Å². The summed E-state index contributed by atoms with van der Waals surface area (Å²) in [5.74, 6) is -0.207. The monoisotopic (exact) mass is 206 g/mol. The van der Waals surface area contributed by atoms with Gasteiger partial charge in [0.25, 0.3) is 0 Å². The maximum absolute atomic E-state index is 10.9. The van der Waals surface area contributed by atoms with E-state index in [1.165, 1.54) is 0 Å². The van der Waals surface area contributed by atoms with E-state index in [9.17, 15) is 4.79 Å². The second-order valence-electron chi connectivity index (χ2n) is 4.21. The van der Waals surface area contributed by atoms with Crippen molar-refractivity contribution < 1.29 is 14.6 Å². The summed E-state index contributed by atoms with van der Waals surface area (Å²) in [6, 6.07) is 7.63. The van der Waals surface area contributed by atoms with Crippen LogP contribution in [0.1, 0.15) is 18.9 Å². The Bertz CT molecular complexity index is 400. The molecular weight excluding hydrogens is 192 g/mol. The molecule has 0 bridgehead atoms. The standard InChI is InChI=1S/C12H14O3/c1-12(7-9(12)11(13)14)8-5-3-4-6-10(8)15-2/h3-6,9H,7H2,1-2H3,(H,13,14)/t9-,12-/m0/s1. The van der Waals surface area contributed by atoms with Gasteiger partial charge in [-0.25, -0.2) is 0 Å². The molecule has 1 saturated carbocycles. The summed E-state index contributed by atoms with van der Waals surface area (Å²) < 4.78 is 5.25. The molecule has 0 aliphatic heterocycles. The average Bonchev–Trinajstić information content (AvgIpc) is 2.92. The Morgan fingerprint density at radius 1 is 1.53 bits per heavy atom. The smallest absolute Gasteiger partial charge is 0.307 e. The zero-order valence-electron chi connectivity index (χ0n) is 8.86. The van der Waals surface area contributed by atoms with Gasteiger partial charge in [-0.05, 0) is 12.5 Å². The van der Waals surface area contributed by atoms with Gasteiger partial charge >= 0.3 is 5.97 Å². The first kappa shape index (κ1) is 10.0. The Labute approximate surface area is 88.7 Å². The Kier molecular flexibility index (Phi) is 2.18. The first-order valence-corrected chi connectivity index (χ1v) is 4.96. The fraction of sp³-hybridized carbons (Fsp3) is 0.417. The highest BCUT2D eigenvalue weighted by molar-refractivity contribution is 5.77. The predicted molar refractivity (Wildman–Crippen MR) is 56.1 cm³/mol. The van der Waals surface area contributed by atoms with Gasteiger partial charge in [-0.1, -0.05) is 25.1 Å². The molecule has 3 heteroatoms. The average molecular weight is 206 g/mol. The van der Waals surface area contributed by atoms with Gasteiger partial charge in [0.2, 0.25) is 0 Å². The van der Waals surface area contributed by atoms with E-state index in [4.69, 9.17) is 9.84 Å². The number of carbonyl (C=O) groups is 1. The highest BCUT2D eigenvalue weighted by Crippen LogP contribution is 2.56. The van der Waals surface area contributed by atoms with Crippen molar-refractivity contribution in [3.8, 4) is 5.75 Å². The molecule has 1 fully saturated rings. The third kappa shape index (κ3) is 1.48. The summed E-state index contributed by atoms with van der Waals surface area (Å²) in [7, 11) is 1.61. The lowest BCUT2D eigenvalue weighted by atomic mass is 9.94. The van der Waals surface area contributed by atoms with Crippen molar-refractivity contribution >= 4 is 5.97 Å². The minimum atomic E-state index is -0.719. The van der Waals surface area contributed by atoms with Crippen LogP contribution in [0.15, 0.2) is 24.3 Å². The van der Waals surface area contributed by atoms with Crippen LogP contribution in [0.5, 0.6) is 5.75 Å². The molecule has 0 aromatic heterocycles. The molecule has 15 heavy (non-hydrogen) atoms. The first-order valence-electron chi connectivity index (χ1n) is 4.96. The van der Waals surface area contributed by atoms with Gasteiger partial charge in [0.1, 0.15) is 5.75 Å². The quantitative estimate of drug-likeness (QED) is 0.823. The molecule has 0 amide bonds. The molecule has 2 rings (SSSR count). The molecular formula is C12H14O3. The Morgan fingerprint density at radius 2 is 2.20 bits per heavy atom. The zero-order chi connectivity index (χ0) is 11.1. The van der Waals surface area contributed by atoms with Crippen LogP contribution < -0.4 is 4.74 Å². The van der Waals surface area contributed by atoms with Crippen LogP contribution in [0, 0.1) is 5.92 Å². The summed E-state index contributed by atoms with van der Waals surface area (Å²) in [5, 5.41) is 8.97. The van der Waals surface area contributed by atoms with Crippen LogP contribution in [-0.4, -0.2) is 18.2 Å². The normalized spacial score (nSPS) is 28.5. The number of rotatable bonds is 3. The van der Waals surface area contributed by atoms with E-state index < -0.39 is 5.97 Å². The van der Waals surface area contributed by atoms with Crippen molar-refractivity contribution in [3.05, 3.63) is 29.8 Å². The molecule has 2 atom stereocenters. The van der Waals surface area contributed by atoms with Crippen molar-refractivity contribution in [2.24, 2.45) is 5.92 Å². The molecule has 1 aliphatic carbocycles. The molecule has 0 radical (unpaired) electrons. The number of hydrogen-bond acceptors (Lipinski definition) is 2. The molecule has 3 nitrogen and oxygen atoms in total. The zero-order valence-corrected chi connectivity index (χ0v) is 8.86. The second kappa shape index (κ2) is 3.26. The molecule has 0 unspecified atom stereocenters. The fourth-order valence-corrected chi connectivity index (χ4v) is 2.14. The van der Waals surface area contributed by atoms with Crippen molar-refractivity contribution in [1.82, 2.24) is 0 Å². The lowest BCUT2D eigenvalue weighted by Crippen LogP contribution is -2.12. The highest BCUT2D eigenvalue weighted by Gasteiger charge is 2.57. The Morgan fingerprint density at radius 3 is 2.73 bits per heavy atom. The largest absolute Gasteiger partial charge is 0.496 e. The predicted octanol–water partition coefficient (Wildman–Crippen LogP) is 2.06. The van der Waals surface area contributed by atoms with E-state index in [-0.39, 0.29) is 11.3 Å². The van der Waals surface area contributed by atoms with Crippen molar-refractivity contribution in [1.29, 1.82) is 0 Å². The SMILES string of the molecule is COc1ccccc1[C@]1(C)C[C@H]1C(=O)O. The highest BCUT2D eigenvalue weighted by atomic mass is 16.5. The number of hydrogen-bond donors (Lipinski definition) is 1. The number of para-hydroxylation sites is 1.